The van der Waals surface area contributed by atoms with Gasteiger partial charge in [0.15, 0.2) is 0 Å². The molecule has 8 heteroatoms. The van der Waals surface area contributed by atoms with Gasteiger partial charge in [-0.1, -0.05) is 42.5 Å². The van der Waals surface area contributed by atoms with Crippen molar-refractivity contribution in [3.8, 4) is 0 Å². The normalized spacial score (nSPS) is 11.3. The number of aromatic nitrogens is 1. The monoisotopic (exact) mass is 418 g/mol. The fraction of sp³-hybridized carbons (Fsp3) is 0.143. The van der Waals surface area contributed by atoms with Crippen molar-refractivity contribution in [1.29, 1.82) is 0 Å². The molecule has 0 saturated carbocycles. The van der Waals surface area contributed by atoms with Crippen LogP contribution in [0.1, 0.15) is 11.1 Å². The van der Waals surface area contributed by atoms with Crippen molar-refractivity contribution in [3.05, 3.63) is 94.4 Å². The third-order valence-electron chi connectivity index (χ3n) is 4.04. The van der Waals surface area contributed by atoms with Gasteiger partial charge in [-0.2, -0.15) is 13.2 Å². The molecule has 2 aromatic carbocycles. The lowest BCUT2D eigenvalue weighted by atomic mass is 10.2. The number of carbonyl (C=O) groups excluding carboxylic acids is 1. The Labute approximate surface area is 169 Å². The molecule has 0 unspecified atom stereocenters. The van der Waals surface area contributed by atoms with E-state index in [9.17, 15) is 22.8 Å². The second-order valence-corrected chi connectivity index (χ2v) is 7.19. The molecule has 0 bridgehead atoms. The number of hydrogen-bond acceptors (Lipinski definition) is 3. The van der Waals surface area contributed by atoms with E-state index in [4.69, 9.17) is 0 Å². The molecule has 29 heavy (non-hydrogen) atoms. The Morgan fingerprint density at radius 3 is 2.38 bits per heavy atom. The van der Waals surface area contributed by atoms with E-state index in [1.165, 1.54) is 11.8 Å². The highest BCUT2D eigenvalue weighted by atomic mass is 32.2. The molecule has 1 heterocycles. The van der Waals surface area contributed by atoms with Crippen molar-refractivity contribution in [3.63, 3.8) is 0 Å². The minimum absolute atomic E-state index is 0.513. The van der Waals surface area contributed by atoms with Gasteiger partial charge in [-0.15, -0.1) is 11.8 Å². The van der Waals surface area contributed by atoms with Crippen LogP contribution in [0.4, 0.5) is 18.9 Å². The number of anilines is 1. The summed E-state index contributed by atoms with van der Waals surface area (Å²) in [6.45, 7) is -0.513. The van der Waals surface area contributed by atoms with Crippen molar-refractivity contribution in [2.24, 2.45) is 0 Å². The van der Waals surface area contributed by atoms with Crippen molar-refractivity contribution in [1.82, 2.24) is 4.57 Å². The Hall–Kier alpha value is -3.00. The van der Waals surface area contributed by atoms with Crippen LogP contribution in [0, 0.1) is 0 Å². The zero-order valence-electron chi connectivity index (χ0n) is 15.1. The number of thioether (sulfide) groups is 1. The lowest BCUT2D eigenvalue weighted by Gasteiger charge is -2.13. The molecule has 3 rings (SSSR count). The molecule has 0 aliphatic carbocycles. The molecule has 1 N–H and O–H groups in total. The van der Waals surface area contributed by atoms with E-state index in [0.717, 1.165) is 27.3 Å². The van der Waals surface area contributed by atoms with Crippen molar-refractivity contribution >= 4 is 23.4 Å². The number of para-hydroxylation sites is 1. The molecule has 1 amide bonds. The molecule has 0 aliphatic heterocycles. The van der Waals surface area contributed by atoms with Gasteiger partial charge >= 0.3 is 6.18 Å². The molecule has 0 aliphatic rings. The lowest BCUT2D eigenvalue weighted by Crippen LogP contribution is -2.32. The van der Waals surface area contributed by atoms with Gasteiger partial charge in [-0.3, -0.25) is 9.59 Å². The first-order valence-corrected chi connectivity index (χ1v) is 9.65. The summed E-state index contributed by atoms with van der Waals surface area (Å²) in [6, 6.07) is 18.7. The van der Waals surface area contributed by atoms with E-state index in [0.29, 0.717) is 17.5 Å². The van der Waals surface area contributed by atoms with E-state index in [1.807, 2.05) is 42.5 Å². The minimum atomic E-state index is -4.77. The number of carbonyl (C=O) groups is 1. The first-order chi connectivity index (χ1) is 13.8. The second-order valence-electron chi connectivity index (χ2n) is 6.17. The Bertz CT molecular complexity index is 1050. The van der Waals surface area contributed by atoms with Crippen LogP contribution < -0.4 is 10.9 Å². The average molecular weight is 418 g/mol. The average Bonchev–Trinajstić information content (AvgIpc) is 2.69. The highest BCUT2D eigenvalue weighted by Gasteiger charge is 2.34. The zero-order valence-corrected chi connectivity index (χ0v) is 16.0. The Morgan fingerprint density at radius 1 is 0.966 bits per heavy atom. The molecule has 0 spiro atoms. The van der Waals surface area contributed by atoms with Gasteiger partial charge in [0.25, 0.3) is 5.56 Å². The molecule has 3 aromatic rings. The topological polar surface area (TPSA) is 51.1 Å². The van der Waals surface area contributed by atoms with Crippen molar-refractivity contribution in [2.45, 2.75) is 23.4 Å². The number of nitrogens with zero attached hydrogens (tertiary/aromatic N) is 1. The Balaban J connectivity index is 1.71. The van der Waals surface area contributed by atoms with E-state index < -0.39 is 29.8 Å². The number of amides is 1. The van der Waals surface area contributed by atoms with Gasteiger partial charge < -0.3 is 9.88 Å². The zero-order chi connectivity index (χ0) is 20.9. The molecule has 0 atom stereocenters. The summed E-state index contributed by atoms with van der Waals surface area (Å²) in [5.74, 6) is 0.111. The van der Waals surface area contributed by atoms with Crippen LogP contribution in [-0.4, -0.2) is 10.5 Å². The van der Waals surface area contributed by atoms with Gasteiger partial charge in [-0.25, -0.2) is 0 Å². The van der Waals surface area contributed by atoms with Crippen LogP contribution in [0.5, 0.6) is 0 Å². The van der Waals surface area contributed by atoms with Crippen LogP contribution in [-0.2, 0) is 23.3 Å². The molecule has 0 fully saturated rings. The van der Waals surface area contributed by atoms with Crippen molar-refractivity contribution < 1.29 is 18.0 Å². The maximum atomic E-state index is 12.9. The molecule has 0 radical (unpaired) electrons. The molecule has 4 nitrogen and oxygen atoms in total. The highest BCUT2D eigenvalue weighted by molar-refractivity contribution is 7.98. The van der Waals surface area contributed by atoms with Gasteiger partial charge in [0, 0.05) is 16.8 Å². The first kappa shape index (κ1) is 20.7. The fourth-order valence-electron chi connectivity index (χ4n) is 2.65. The molecular formula is C21H17F3N2O2S. The standard InChI is InChI=1S/C21H17F3N2O2S/c22-21(23,24)16-9-6-12-26(20(16)28)13-19(27)25-17-10-4-5-11-18(17)29-14-15-7-2-1-3-8-15/h1-12H,13-14H2,(H,25,27). The quantitative estimate of drug-likeness (QED) is 0.585. The van der Waals surface area contributed by atoms with Gasteiger partial charge in [0.05, 0.1) is 5.69 Å². The number of benzene rings is 2. The molecule has 0 saturated heterocycles. The number of rotatable bonds is 6. The summed E-state index contributed by atoms with van der Waals surface area (Å²) in [5.41, 5.74) is -0.888. The molecule has 150 valence electrons. The van der Waals surface area contributed by atoms with E-state index in [1.54, 1.807) is 12.1 Å². The van der Waals surface area contributed by atoms with Gasteiger partial charge in [-0.05, 0) is 29.8 Å². The number of nitrogens with one attached hydrogen (secondary N) is 1. The summed E-state index contributed by atoms with van der Waals surface area (Å²) in [6.07, 6.45) is -3.61. The highest BCUT2D eigenvalue weighted by Crippen LogP contribution is 2.30. The van der Waals surface area contributed by atoms with Crippen LogP contribution >= 0.6 is 11.8 Å². The maximum absolute atomic E-state index is 12.9. The largest absolute Gasteiger partial charge is 0.421 e. The third kappa shape index (κ3) is 5.51. The van der Waals surface area contributed by atoms with Crippen LogP contribution in [0.25, 0.3) is 0 Å². The van der Waals surface area contributed by atoms with Gasteiger partial charge in [0.2, 0.25) is 5.91 Å². The van der Waals surface area contributed by atoms with Gasteiger partial charge in [0.1, 0.15) is 12.1 Å². The molecule has 1 aromatic heterocycles. The smallest absolute Gasteiger partial charge is 0.324 e. The van der Waals surface area contributed by atoms with E-state index in [-0.39, 0.29) is 0 Å². The van der Waals surface area contributed by atoms with Crippen LogP contribution in [0.3, 0.4) is 0 Å². The second kappa shape index (κ2) is 9.00. The number of alkyl halides is 3. The fourth-order valence-corrected chi connectivity index (χ4v) is 3.62. The summed E-state index contributed by atoms with van der Waals surface area (Å²) in [4.78, 5) is 25.2. The summed E-state index contributed by atoms with van der Waals surface area (Å²) < 4.78 is 39.4. The third-order valence-corrected chi connectivity index (χ3v) is 5.18. The lowest BCUT2D eigenvalue weighted by molar-refractivity contribution is -0.139. The van der Waals surface area contributed by atoms with Crippen molar-refractivity contribution in [2.75, 3.05) is 5.32 Å². The SMILES string of the molecule is O=C(Cn1cccc(C(F)(F)F)c1=O)Nc1ccccc1SCc1ccccc1. The predicted octanol–water partition coefficient (Wildman–Crippen LogP) is 4.80. The van der Waals surface area contributed by atoms with E-state index >= 15 is 0 Å². The minimum Gasteiger partial charge on any atom is -0.324 e. The summed E-state index contributed by atoms with van der Waals surface area (Å²) in [5, 5.41) is 2.68. The maximum Gasteiger partial charge on any atom is 0.421 e. The molecular weight excluding hydrogens is 401 g/mol. The van der Waals surface area contributed by atoms with E-state index in [2.05, 4.69) is 5.32 Å². The summed E-state index contributed by atoms with van der Waals surface area (Å²) >= 11 is 1.53. The van der Waals surface area contributed by atoms with Crippen LogP contribution in [0.2, 0.25) is 0 Å². The number of hydrogen-bond donors (Lipinski definition) is 1. The Kier molecular flexibility index (Phi) is 6.43. The van der Waals surface area contributed by atoms with Crippen LogP contribution in [0.15, 0.2) is 82.6 Å². The first-order valence-electron chi connectivity index (χ1n) is 8.67. The summed E-state index contributed by atoms with van der Waals surface area (Å²) in [7, 11) is 0. The Morgan fingerprint density at radius 2 is 1.66 bits per heavy atom. The predicted molar refractivity (Wildman–Crippen MR) is 107 cm³/mol. The number of pyridine rings is 1. The number of halogens is 3.